The van der Waals surface area contributed by atoms with Crippen LogP contribution in [-0.4, -0.2) is 33.1 Å². The molecule has 0 aliphatic heterocycles. The van der Waals surface area contributed by atoms with Gasteiger partial charge in [-0.15, -0.1) is 0 Å². The molecule has 1 unspecified atom stereocenters. The van der Waals surface area contributed by atoms with Crippen molar-refractivity contribution < 1.29 is 4.74 Å². The minimum atomic E-state index is -0.0236. The Morgan fingerprint density at radius 2 is 2.15 bits per heavy atom. The van der Waals surface area contributed by atoms with Gasteiger partial charge in [-0.05, 0) is 14.0 Å². The Bertz CT molecular complexity index is 157. The van der Waals surface area contributed by atoms with Crippen LogP contribution in [0.1, 0.15) is 20.8 Å². The van der Waals surface area contributed by atoms with Crippen molar-refractivity contribution in [3.05, 3.63) is 0 Å². The van der Waals surface area contributed by atoms with Gasteiger partial charge in [-0.25, -0.2) is 5.43 Å². The third-order valence-electron chi connectivity index (χ3n) is 2.17. The Kier molecular flexibility index (Phi) is 5.86. The lowest BCUT2D eigenvalue weighted by atomic mass is 9.89. The first-order chi connectivity index (χ1) is 6.04. The predicted octanol–water partition coefficient (Wildman–Crippen LogP) is 0.800. The van der Waals surface area contributed by atoms with Crippen LogP contribution in [0.5, 0.6) is 0 Å². The van der Waals surface area contributed by atoms with Gasteiger partial charge in [0.15, 0.2) is 0 Å². The molecular formula is C9H21N3O. The van der Waals surface area contributed by atoms with Crippen LogP contribution in [0.3, 0.4) is 0 Å². The lowest BCUT2D eigenvalue weighted by Gasteiger charge is -2.26. The van der Waals surface area contributed by atoms with Crippen molar-refractivity contribution in [1.29, 1.82) is 0 Å². The van der Waals surface area contributed by atoms with Gasteiger partial charge >= 0.3 is 0 Å². The van der Waals surface area contributed by atoms with Gasteiger partial charge in [-0.1, -0.05) is 13.8 Å². The highest BCUT2D eigenvalue weighted by molar-refractivity contribution is 5.65. The first-order valence-corrected chi connectivity index (χ1v) is 4.48. The topological polar surface area (TPSA) is 45.7 Å². The first kappa shape index (κ1) is 12.6. The van der Waals surface area contributed by atoms with Gasteiger partial charge in [0.2, 0.25) is 0 Å². The van der Waals surface area contributed by atoms with Crippen LogP contribution < -0.4 is 10.9 Å². The molecular weight excluding hydrogens is 166 g/mol. The summed E-state index contributed by atoms with van der Waals surface area (Å²) in [6.07, 6.45) is 2.09. The quantitative estimate of drug-likeness (QED) is 0.367. The van der Waals surface area contributed by atoms with Crippen LogP contribution in [0.25, 0.3) is 0 Å². The zero-order valence-corrected chi connectivity index (χ0v) is 9.22. The summed E-state index contributed by atoms with van der Waals surface area (Å²) in [5, 5.41) is 0. The lowest BCUT2D eigenvalue weighted by molar-refractivity contribution is 0.0578. The number of hydrogen-bond acceptors (Lipinski definition) is 4. The molecule has 0 aliphatic carbocycles. The number of hydrazine groups is 1. The van der Waals surface area contributed by atoms with Crippen LogP contribution in [0.4, 0.5) is 0 Å². The Morgan fingerprint density at radius 1 is 1.54 bits per heavy atom. The fraction of sp³-hybridized carbons (Fsp3) is 0.889. The summed E-state index contributed by atoms with van der Waals surface area (Å²) in [5.41, 5.74) is 5.67. The number of hydrogen-bond donors (Lipinski definition) is 2. The summed E-state index contributed by atoms with van der Waals surface area (Å²) in [6.45, 7) is 6.82. The number of rotatable bonds is 6. The Morgan fingerprint density at radius 3 is 2.62 bits per heavy atom. The van der Waals surface area contributed by atoms with Crippen molar-refractivity contribution in [2.45, 2.75) is 26.9 Å². The second kappa shape index (κ2) is 6.07. The van der Waals surface area contributed by atoms with E-state index in [4.69, 9.17) is 4.74 Å². The third-order valence-corrected chi connectivity index (χ3v) is 2.17. The fourth-order valence-electron chi connectivity index (χ4n) is 0.814. The molecule has 13 heavy (non-hydrogen) atoms. The highest BCUT2D eigenvalue weighted by atomic mass is 16.5. The molecule has 0 spiro atoms. The maximum Gasteiger partial charge on any atom is 0.101 e. The van der Waals surface area contributed by atoms with E-state index in [1.807, 2.05) is 20.2 Å². The van der Waals surface area contributed by atoms with Gasteiger partial charge in [0.1, 0.15) is 6.67 Å². The van der Waals surface area contributed by atoms with E-state index in [0.717, 1.165) is 0 Å². The summed E-state index contributed by atoms with van der Waals surface area (Å²) in [6, 6.07) is 0. The van der Waals surface area contributed by atoms with E-state index in [-0.39, 0.29) is 11.5 Å². The van der Waals surface area contributed by atoms with Gasteiger partial charge in [0.05, 0.1) is 6.10 Å². The number of nitrogens with zero attached hydrogens (tertiary/aromatic N) is 1. The average Bonchev–Trinajstić information content (AvgIpc) is 2.11. The zero-order chi connectivity index (χ0) is 10.3. The van der Waals surface area contributed by atoms with Crippen molar-refractivity contribution in [2.24, 2.45) is 10.4 Å². The Labute approximate surface area is 80.7 Å². The molecule has 0 aromatic carbocycles. The van der Waals surface area contributed by atoms with Gasteiger partial charge < -0.3 is 4.74 Å². The minimum absolute atomic E-state index is 0.0236. The molecule has 0 aliphatic rings. The van der Waals surface area contributed by atoms with Gasteiger partial charge in [-0.3, -0.25) is 10.4 Å². The van der Waals surface area contributed by atoms with E-state index in [2.05, 4.69) is 29.7 Å². The smallest absolute Gasteiger partial charge is 0.101 e. The SMILES string of the molecule is CNNCN=CC(C)(C)C(C)OC. The van der Waals surface area contributed by atoms with Crippen LogP contribution in [0.2, 0.25) is 0 Å². The molecule has 4 heteroatoms. The normalized spacial score (nSPS) is 15.2. The lowest BCUT2D eigenvalue weighted by Crippen LogP contribution is -2.31. The van der Waals surface area contributed by atoms with Crippen LogP contribution in [0, 0.1) is 5.41 Å². The molecule has 4 nitrogen and oxygen atoms in total. The van der Waals surface area contributed by atoms with Gasteiger partial charge in [-0.2, -0.15) is 0 Å². The average molecular weight is 187 g/mol. The molecule has 0 fully saturated rings. The summed E-state index contributed by atoms with van der Waals surface area (Å²) < 4.78 is 5.24. The number of ether oxygens (including phenoxy) is 1. The van der Waals surface area contributed by atoms with Crippen LogP contribution >= 0.6 is 0 Å². The fourth-order valence-corrected chi connectivity index (χ4v) is 0.814. The summed E-state index contributed by atoms with van der Waals surface area (Å²) in [4.78, 5) is 4.22. The van der Waals surface area contributed by atoms with E-state index in [1.165, 1.54) is 0 Å². The molecule has 0 radical (unpaired) electrons. The molecule has 0 rings (SSSR count). The second-order valence-electron chi connectivity index (χ2n) is 3.60. The Hall–Kier alpha value is -0.450. The first-order valence-electron chi connectivity index (χ1n) is 4.48. The summed E-state index contributed by atoms with van der Waals surface area (Å²) in [7, 11) is 3.53. The molecule has 0 amide bonds. The third kappa shape index (κ3) is 4.98. The Balaban J connectivity index is 3.92. The molecule has 0 aromatic rings. The molecule has 0 saturated heterocycles. The predicted molar refractivity (Wildman–Crippen MR) is 55.8 cm³/mol. The van der Waals surface area contributed by atoms with Crippen LogP contribution in [-0.2, 0) is 4.74 Å². The van der Waals surface area contributed by atoms with Crippen molar-refractivity contribution in [3.8, 4) is 0 Å². The monoisotopic (exact) mass is 187 g/mol. The molecule has 0 heterocycles. The van der Waals surface area contributed by atoms with Crippen molar-refractivity contribution in [2.75, 3.05) is 20.8 Å². The summed E-state index contributed by atoms with van der Waals surface area (Å²) in [5.74, 6) is 0. The maximum atomic E-state index is 5.24. The highest BCUT2D eigenvalue weighted by Gasteiger charge is 2.23. The number of methoxy groups -OCH3 is 1. The molecule has 78 valence electrons. The zero-order valence-electron chi connectivity index (χ0n) is 9.22. The van der Waals surface area contributed by atoms with Gasteiger partial charge in [0, 0.05) is 18.7 Å². The van der Waals surface area contributed by atoms with Gasteiger partial charge in [0.25, 0.3) is 0 Å². The van der Waals surface area contributed by atoms with Crippen molar-refractivity contribution in [3.63, 3.8) is 0 Å². The second-order valence-corrected chi connectivity index (χ2v) is 3.60. The largest absolute Gasteiger partial charge is 0.381 e. The molecule has 0 bridgehead atoms. The molecule has 1 atom stereocenters. The van der Waals surface area contributed by atoms with Crippen molar-refractivity contribution >= 4 is 6.21 Å². The minimum Gasteiger partial charge on any atom is -0.381 e. The number of aliphatic imine (C=N–C) groups is 1. The number of nitrogens with one attached hydrogen (secondary N) is 2. The van der Waals surface area contributed by atoms with E-state index >= 15 is 0 Å². The van der Waals surface area contributed by atoms with E-state index in [0.29, 0.717) is 6.67 Å². The van der Waals surface area contributed by atoms with E-state index < -0.39 is 0 Å². The van der Waals surface area contributed by atoms with E-state index in [1.54, 1.807) is 7.11 Å². The van der Waals surface area contributed by atoms with Crippen molar-refractivity contribution in [1.82, 2.24) is 10.9 Å². The molecule has 2 N–H and O–H groups in total. The highest BCUT2D eigenvalue weighted by Crippen LogP contribution is 2.19. The molecule has 0 aromatic heterocycles. The van der Waals surface area contributed by atoms with Crippen LogP contribution in [0.15, 0.2) is 4.99 Å². The molecule has 0 saturated carbocycles. The maximum absolute atomic E-state index is 5.24. The summed E-state index contributed by atoms with van der Waals surface area (Å²) >= 11 is 0. The van der Waals surface area contributed by atoms with E-state index in [9.17, 15) is 0 Å². The standard InChI is InChI=1S/C9H21N3O/c1-8(13-5)9(2,3)6-11-7-12-10-4/h6,8,10,12H,7H2,1-5H3.